The Kier molecular flexibility index (Phi) is 4.56. The first kappa shape index (κ1) is 14.6. The molecule has 2 aromatic carbocycles. The Bertz CT molecular complexity index is 651. The molecule has 0 atom stereocenters. The summed E-state index contributed by atoms with van der Waals surface area (Å²) < 4.78 is 0. The first-order valence-corrected chi connectivity index (χ1v) is 6.55. The fourth-order valence-corrected chi connectivity index (χ4v) is 1.87. The van der Waals surface area contributed by atoms with Crippen LogP contribution in [-0.2, 0) is 6.54 Å². The molecule has 0 aliphatic heterocycles. The summed E-state index contributed by atoms with van der Waals surface area (Å²) in [7, 11) is 0. The van der Waals surface area contributed by atoms with E-state index in [1.54, 1.807) is 24.3 Å². The molecule has 0 spiro atoms. The lowest BCUT2D eigenvalue weighted by molar-refractivity contribution is 0.102. The predicted octanol–water partition coefficient (Wildman–Crippen LogP) is 2.42. The van der Waals surface area contributed by atoms with Gasteiger partial charge >= 0.3 is 6.03 Å². The second-order valence-electron chi connectivity index (χ2n) is 4.68. The van der Waals surface area contributed by atoms with Crippen molar-refractivity contribution >= 4 is 17.6 Å². The Morgan fingerprint density at radius 3 is 2.33 bits per heavy atom. The molecule has 0 radical (unpaired) electrons. The van der Waals surface area contributed by atoms with Crippen LogP contribution in [0.5, 0.6) is 0 Å². The van der Waals surface area contributed by atoms with Crippen molar-refractivity contribution < 1.29 is 9.59 Å². The zero-order chi connectivity index (χ0) is 15.2. The molecule has 5 heteroatoms. The lowest BCUT2D eigenvalue weighted by Gasteiger charge is -2.08. The molecule has 0 bridgehead atoms. The predicted molar refractivity (Wildman–Crippen MR) is 82.0 cm³/mol. The van der Waals surface area contributed by atoms with Crippen LogP contribution < -0.4 is 16.4 Å². The van der Waals surface area contributed by atoms with E-state index in [-0.39, 0.29) is 5.91 Å². The average Bonchev–Trinajstić information content (AvgIpc) is 2.48. The number of urea groups is 1. The van der Waals surface area contributed by atoms with Crippen molar-refractivity contribution in [3.8, 4) is 0 Å². The van der Waals surface area contributed by atoms with E-state index in [1.165, 1.54) is 0 Å². The fourth-order valence-electron chi connectivity index (χ4n) is 1.87. The standard InChI is InChI=1S/C16H17N3O2/c1-11-4-2-3-5-14(11)19-15(20)13-8-6-12(7-9-13)10-18-16(17)21/h2-9H,10H2,1H3,(H,19,20)(H3,17,18,21). The highest BCUT2D eigenvalue weighted by molar-refractivity contribution is 6.04. The molecule has 5 nitrogen and oxygen atoms in total. The smallest absolute Gasteiger partial charge is 0.312 e. The SMILES string of the molecule is Cc1ccccc1NC(=O)c1ccc(CNC(N)=O)cc1. The number of benzene rings is 2. The number of para-hydroxylation sites is 1. The summed E-state index contributed by atoms with van der Waals surface area (Å²) in [6.45, 7) is 2.28. The Morgan fingerprint density at radius 1 is 1.05 bits per heavy atom. The second kappa shape index (κ2) is 6.56. The fraction of sp³-hybridized carbons (Fsp3) is 0.125. The van der Waals surface area contributed by atoms with E-state index in [1.807, 2.05) is 31.2 Å². The van der Waals surface area contributed by atoms with Gasteiger partial charge in [-0.1, -0.05) is 30.3 Å². The molecule has 108 valence electrons. The van der Waals surface area contributed by atoms with Gasteiger partial charge in [-0.2, -0.15) is 0 Å². The molecule has 3 amide bonds. The molecule has 0 saturated heterocycles. The van der Waals surface area contributed by atoms with Crippen molar-refractivity contribution in [1.82, 2.24) is 5.32 Å². The van der Waals surface area contributed by atoms with Crippen molar-refractivity contribution in [1.29, 1.82) is 0 Å². The van der Waals surface area contributed by atoms with Crippen molar-refractivity contribution in [2.45, 2.75) is 13.5 Å². The number of carbonyl (C=O) groups excluding carboxylic acids is 2. The maximum Gasteiger partial charge on any atom is 0.312 e. The molecular formula is C16H17N3O2. The quantitative estimate of drug-likeness (QED) is 0.805. The summed E-state index contributed by atoms with van der Waals surface area (Å²) in [5.74, 6) is -0.168. The lowest BCUT2D eigenvalue weighted by atomic mass is 10.1. The van der Waals surface area contributed by atoms with Crippen LogP contribution in [0.2, 0.25) is 0 Å². The summed E-state index contributed by atoms with van der Waals surface area (Å²) in [6, 6.07) is 14.0. The molecule has 2 aromatic rings. The minimum atomic E-state index is -0.573. The van der Waals surface area contributed by atoms with E-state index in [9.17, 15) is 9.59 Å². The topological polar surface area (TPSA) is 84.2 Å². The average molecular weight is 283 g/mol. The van der Waals surface area contributed by atoms with Gasteiger partial charge in [0.25, 0.3) is 5.91 Å². The van der Waals surface area contributed by atoms with E-state index in [0.29, 0.717) is 12.1 Å². The molecular weight excluding hydrogens is 266 g/mol. The van der Waals surface area contributed by atoms with Crippen LogP contribution in [0.4, 0.5) is 10.5 Å². The van der Waals surface area contributed by atoms with Gasteiger partial charge in [0.1, 0.15) is 0 Å². The number of hydrogen-bond donors (Lipinski definition) is 3. The van der Waals surface area contributed by atoms with E-state index in [2.05, 4.69) is 10.6 Å². The van der Waals surface area contributed by atoms with E-state index < -0.39 is 6.03 Å². The molecule has 4 N–H and O–H groups in total. The number of nitrogens with one attached hydrogen (secondary N) is 2. The minimum absolute atomic E-state index is 0.168. The van der Waals surface area contributed by atoms with Gasteiger partial charge in [0.2, 0.25) is 0 Å². The zero-order valence-corrected chi connectivity index (χ0v) is 11.7. The minimum Gasteiger partial charge on any atom is -0.352 e. The van der Waals surface area contributed by atoms with Gasteiger partial charge in [0.05, 0.1) is 0 Å². The van der Waals surface area contributed by atoms with Crippen molar-refractivity contribution in [2.75, 3.05) is 5.32 Å². The molecule has 0 saturated carbocycles. The summed E-state index contributed by atoms with van der Waals surface area (Å²) in [6.07, 6.45) is 0. The highest BCUT2D eigenvalue weighted by Crippen LogP contribution is 2.15. The number of amides is 3. The third-order valence-corrected chi connectivity index (χ3v) is 3.08. The Hall–Kier alpha value is -2.82. The van der Waals surface area contributed by atoms with Crippen LogP contribution in [-0.4, -0.2) is 11.9 Å². The van der Waals surface area contributed by atoms with Gasteiger partial charge < -0.3 is 16.4 Å². The van der Waals surface area contributed by atoms with Crippen LogP contribution in [0.25, 0.3) is 0 Å². The molecule has 0 aromatic heterocycles. The Morgan fingerprint density at radius 2 is 1.71 bits per heavy atom. The molecule has 2 rings (SSSR count). The van der Waals surface area contributed by atoms with E-state index in [0.717, 1.165) is 16.8 Å². The summed E-state index contributed by atoms with van der Waals surface area (Å²) in [4.78, 5) is 22.8. The van der Waals surface area contributed by atoms with Crippen LogP contribution in [0.1, 0.15) is 21.5 Å². The molecule has 0 aliphatic carbocycles. The van der Waals surface area contributed by atoms with Gasteiger partial charge in [-0.3, -0.25) is 4.79 Å². The Balaban J connectivity index is 2.03. The molecule has 21 heavy (non-hydrogen) atoms. The first-order chi connectivity index (χ1) is 10.1. The van der Waals surface area contributed by atoms with Crippen molar-refractivity contribution in [3.63, 3.8) is 0 Å². The van der Waals surface area contributed by atoms with Gasteiger partial charge in [0, 0.05) is 17.8 Å². The van der Waals surface area contributed by atoms with Gasteiger partial charge in [-0.25, -0.2) is 4.79 Å². The molecule has 0 aliphatic rings. The third kappa shape index (κ3) is 4.07. The summed E-state index contributed by atoms with van der Waals surface area (Å²) in [5.41, 5.74) is 8.24. The first-order valence-electron chi connectivity index (χ1n) is 6.55. The van der Waals surface area contributed by atoms with Crippen LogP contribution >= 0.6 is 0 Å². The largest absolute Gasteiger partial charge is 0.352 e. The highest BCUT2D eigenvalue weighted by atomic mass is 16.2. The number of hydrogen-bond acceptors (Lipinski definition) is 2. The van der Waals surface area contributed by atoms with Crippen LogP contribution in [0, 0.1) is 6.92 Å². The normalized spacial score (nSPS) is 9.95. The number of rotatable bonds is 4. The molecule has 0 unspecified atom stereocenters. The van der Waals surface area contributed by atoms with Gasteiger partial charge in [-0.15, -0.1) is 0 Å². The monoisotopic (exact) mass is 283 g/mol. The number of nitrogens with two attached hydrogens (primary N) is 1. The lowest BCUT2D eigenvalue weighted by Crippen LogP contribution is -2.28. The highest BCUT2D eigenvalue weighted by Gasteiger charge is 2.07. The number of carbonyl (C=O) groups is 2. The number of primary amides is 1. The Labute approximate surface area is 123 Å². The molecule has 0 fully saturated rings. The second-order valence-corrected chi connectivity index (χ2v) is 4.68. The van der Waals surface area contributed by atoms with Gasteiger partial charge in [0.15, 0.2) is 0 Å². The summed E-state index contributed by atoms with van der Waals surface area (Å²) in [5, 5.41) is 5.36. The maximum absolute atomic E-state index is 12.1. The van der Waals surface area contributed by atoms with Crippen LogP contribution in [0.3, 0.4) is 0 Å². The van der Waals surface area contributed by atoms with Crippen molar-refractivity contribution in [2.24, 2.45) is 5.73 Å². The maximum atomic E-state index is 12.1. The zero-order valence-electron chi connectivity index (χ0n) is 11.7. The number of anilines is 1. The third-order valence-electron chi connectivity index (χ3n) is 3.08. The van der Waals surface area contributed by atoms with Gasteiger partial charge in [-0.05, 0) is 36.2 Å². The van der Waals surface area contributed by atoms with E-state index in [4.69, 9.17) is 5.73 Å². The molecule has 0 heterocycles. The van der Waals surface area contributed by atoms with E-state index >= 15 is 0 Å². The van der Waals surface area contributed by atoms with Crippen LogP contribution in [0.15, 0.2) is 48.5 Å². The number of aryl methyl sites for hydroxylation is 1. The summed E-state index contributed by atoms with van der Waals surface area (Å²) >= 11 is 0. The van der Waals surface area contributed by atoms with Crippen molar-refractivity contribution in [3.05, 3.63) is 65.2 Å².